The number of alkyl halides is 3. The van der Waals surface area contributed by atoms with Crippen LogP contribution in [0, 0.1) is 12.7 Å². The van der Waals surface area contributed by atoms with Crippen molar-refractivity contribution in [2.24, 2.45) is 0 Å². The van der Waals surface area contributed by atoms with Gasteiger partial charge in [0.05, 0.1) is 35.8 Å². The zero-order chi connectivity index (χ0) is 21.9. The van der Waals surface area contributed by atoms with E-state index in [9.17, 15) is 22.4 Å². The molecule has 0 saturated heterocycles. The van der Waals surface area contributed by atoms with Crippen LogP contribution in [0.5, 0.6) is 5.88 Å². The smallest absolute Gasteiger partial charge is 0.417 e. The Morgan fingerprint density at radius 3 is 2.43 bits per heavy atom. The lowest BCUT2D eigenvalue weighted by atomic mass is 10.0. The van der Waals surface area contributed by atoms with Crippen LogP contribution in [0.3, 0.4) is 0 Å². The van der Waals surface area contributed by atoms with E-state index in [1.54, 1.807) is 6.92 Å². The normalized spacial score (nSPS) is 11.1. The van der Waals surface area contributed by atoms with Gasteiger partial charge in [0.2, 0.25) is 5.88 Å². The highest BCUT2D eigenvalue weighted by molar-refractivity contribution is 6.09. The lowest BCUT2D eigenvalue weighted by molar-refractivity contribution is -0.137. The molecule has 3 rings (SSSR count). The monoisotopic (exact) mass is 419 g/mol. The molecule has 0 aliphatic carbocycles. The number of amides is 1. The Kier molecular flexibility index (Phi) is 5.91. The van der Waals surface area contributed by atoms with Crippen molar-refractivity contribution in [2.45, 2.75) is 13.1 Å². The predicted octanol–water partition coefficient (Wildman–Crippen LogP) is 5.55. The van der Waals surface area contributed by atoms with E-state index in [2.05, 4.69) is 15.6 Å². The van der Waals surface area contributed by atoms with Crippen molar-refractivity contribution < 1.29 is 27.1 Å². The van der Waals surface area contributed by atoms with Crippen molar-refractivity contribution in [3.8, 4) is 5.88 Å². The van der Waals surface area contributed by atoms with Gasteiger partial charge in [0.15, 0.2) is 0 Å². The summed E-state index contributed by atoms with van der Waals surface area (Å²) in [6, 6.07) is 10.1. The number of pyridine rings is 1. The van der Waals surface area contributed by atoms with Gasteiger partial charge in [-0.1, -0.05) is 6.07 Å². The molecule has 1 heterocycles. The van der Waals surface area contributed by atoms with Crippen LogP contribution in [-0.4, -0.2) is 18.0 Å². The number of aromatic nitrogens is 1. The van der Waals surface area contributed by atoms with Crippen LogP contribution < -0.4 is 15.4 Å². The standard InChI is InChI=1S/C21H17F4N3O2/c1-12-10-13(22)6-8-16(12)28-17-5-3-4-15(21(23,24)25)19(17)20(29)27-14-7-9-18(30-2)26-11-14/h3-11,28H,1-2H3,(H,27,29). The minimum absolute atomic E-state index is 0.0708. The van der Waals surface area contributed by atoms with Crippen molar-refractivity contribution in [3.63, 3.8) is 0 Å². The summed E-state index contributed by atoms with van der Waals surface area (Å²) in [5.41, 5.74) is -0.731. The van der Waals surface area contributed by atoms with Gasteiger partial charge in [0.1, 0.15) is 5.82 Å². The van der Waals surface area contributed by atoms with E-state index in [1.807, 2.05) is 0 Å². The first kappa shape index (κ1) is 21.1. The zero-order valence-electron chi connectivity index (χ0n) is 16.0. The third-order valence-corrected chi connectivity index (χ3v) is 4.26. The number of carbonyl (C=O) groups excluding carboxylic acids is 1. The molecule has 3 aromatic rings. The molecule has 0 aliphatic heterocycles. The van der Waals surface area contributed by atoms with E-state index in [0.29, 0.717) is 11.3 Å². The summed E-state index contributed by atoms with van der Waals surface area (Å²) in [4.78, 5) is 16.7. The summed E-state index contributed by atoms with van der Waals surface area (Å²) in [7, 11) is 1.41. The van der Waals surface area contributed by atoms with Gasteiger partial charge in [-0.25, -0.2) is 9.37 Å². The average molecular weight is 419 g/mol. The molecule has 156 valence electrons. The van der Waals surface area contributed by atoms with Gasteiger partial charge in [-0.15, -0.1) is 0 Å². The number of halogens is 4. The van der Waals surface area contributed by atoms with Gasteiger partial charge < -0.3 is 15.4 Å². The first-order chi connectivity index (χ1) is 14.2. The van der Waals surface area contributed by atoms with Crippen molar-refractivity contribution in [2.75, 3.05) is 17.7 Å². The summed E-state index contributed by atoms with van der Waals surface area (Å²) in [6.07, 6.45) is -3.50. The fourth-order valence-electron chi connectivity index (χ4n) is 2.82. The van der Waals surface area contributed by atoms with Crippen LogP contribution in [0.4, 0.5) is 34.6 Å². The van der Waals surface area contributed by atoms with Crippen molar-refractivity contribution in [3.05, 3.63) is 77.2 Å². The van der Waals surface area contributed by atoms with E-state index in [-0.39, 0.29) is 17.3 Å². The molecule has 0 aliphatic rings. The van der Waals surface area contributed by atoms with Crippen LogP contribution in [-0.2, 0) is 6.18 Å². The Bertz CT molecular complexity index is 1070. The quantitative estimate of drug-likeness (QED) is 0.532. The number of ether oxygens (including phenoxy) is 1. The second-order valence-electron chi connectivity index (χ2n) is 6.35. The molecule has 1 aromatic heterocycles. The SMILES string of the molecule is COc1ccc(NC(=O)c2c(Nc3ccc(F)cc3C)cccc2C(F)(F)F)cn1. The van der Waals surface area contributed by atoms with E-state index < -0.39 is 29.0 Å². The topological polar surface area (TPSA) is 63.2 Å². The second-order valence-corrected chi connectivity index (χ2v) is 6.35. The number of nitrogens with zero attached hydrogens (tertiary/aromatic N) is 1. The lowest BCUT2D eigenvalue weighted by Gasteiger charge is -2.18. The molecule has 2 N–H and O–H groups in total. The number of benzene rings is 2. The molecule has 0 spiro atoms. The molecule has 0 radical (unpaired) electrons. The molecule has 0 bridgehead atoms. The van der Waals surface area contributed by atoms with Gasteiger partial charge in [-0.2, -0.15) is 13.2 Å². The number of carbonyl (C=O) groups is 1. The molecule has 5 nitrogen and oxygen atoms in total. The molecular weight excluding hydrogens is 402 g/mol. The molecule has 0 unspecified atom stereocenters. The number of aryl methyl sites for hydroxylation is 1. The fourth-order valence-corrected chi connectivity index (χ4v) is 2.82. The third kappa shape index (κ3) is 4.68. The molecule has 0 atom stereocenters. The van der Waals surface area contributed by atoms with Gasteiger partial charge >= 0.3 is 6.18 Å². The number of nitrogens with one attached hydrogen (secondary N) is 2. The maximum Gasteiger partial charge on any atom is 0.417 e. The predicted molar refractivity (Wildman–Crippen MR) is 105 cm³/mol. The molecule has 0 fully saturated rings. The Hall–Kier alpha value is -3.62. The number of anilines is 3. The van der Waals surface area contributed by atoms with Gasteiger partial charge in [0, 0.05) is 11.8 Å². The number of hydrogen-bond donors (Lipinski definition) is 2. The van der Waals surface area contributed by atoms with Crippen LogP contribution in [0.1, 0.15) is 21.5 Å². The van der Waals surface area contributed by atoms with E-state index >= 15 is 0 Å². The summed E-state index contributed by atoms with van der Waals surface area (Å²) in [6.45, 7) is 1.60. The highest BCUT2D eigenvalue weighted by Crippen LogP contribution is 2.37. The maximum atomic E-state index is 13.6. The number of rotatable bonds is 5. The Labute approximate surface area is 169 Å². The van der Waals surface area contributed by atoms with Gasteiger partial charge in [-0.05, 0) is 48.9 Å². The van der Waals surface area contributed by atoms with Gasteiger partial charge in [0.25, 0.3) is 5.91 Å². The largest absolute Gasteiger partial charge is 0.481 e. The van der Waals surface area contributed by atoms with Crippen LogP contribution >= 0.6 is 0 Å². The number of hydrogen-bond acceptors (Lipinski definition) is 4. The fraction of sp³-hybridized carbons (Fsp3) is 0.143. The summed E-state index contributed by atoms with van der Waals surface area (Å²) in [5, 5.41) is 5.22. The first-order valence-corrected chi connectivity index (χ1v) is 8.74. The molecule has 30 heavy (non-hydrogen) atoms. The van der Waals surface area contributed by atoms with Crippen molar-refractivity contribution in [1.82, 2.24) is 4.98 Å². The zero-order valence-corrected chi connectivity index (χ0v) is 16.0. The molecule has 0 saturated carbocycles. The van der Waals surface area contributed by atoms with Crippen LogP contribution in [0.2, 0.25) is 0 Å². The van der Waals surface area contributed by atoms with Crippen molar-refractivity contribution >= 4 is 23.0 Å². The maximum absolute atomic E-state index is 13.6. The average Bonchev–Trinajstić information content (AvgIpc) is 2.69. The molecular formula is C21H17F4N3O2. The van der Waals surface area contributed by atoms with Crippen molar-refractivity contribution in [1.29, 1.82) is 0 Å². The number of methoxy groups -OCH3 is 1. The highest BCUT2D eigenvalue weighted by atomic mass is 19.4. The summed E-state index contributed by atoms with van der Waals surface area (Å²) >= 11 is 0. The van der Waals surface area contributed by atoms with E-state index in [4.69, 9.17) is 4.74 Å². The third-order valence-electron chi connectivity index (χ3n) is 4.26. The van der Waals surface area contributed by atoms with E-state index in [1.165, 1.54) is 55.8 Å². The molecule has 9 heteroatoms. The van der Waals surface area contributed by atoms with E-state index in [0.717, 1.165) is 6.07 Å². The molecule has 1 amide bonds. The minimum Gasteiger partial charge on any atom is -0.481 e. The summed E-state index contributed by atoms with van der Waals surface area (Å²) < 4.78 is 59.1. The Morgan fingerprint density at radius 2 is 1.83 bits per heavy atom. The Morgan fingerprint density at radius 1 is 1.07 bits per heavy atom. The van der Waals surface area contributed by atoms with Gasteiger partial charge in [-0.3, -0.25) is 4.79 Å². The van der Waals surface area contributed by atoms with Crippen LogP contribution in [0.25, 0.3) is 0 Å². The first-order valence-electron chi connectivity index (χ1n) is 8.74. The minimum atomic E-state index is -4.76. The second kappa shape index (κ2) is 8.40. The molecule has 2 aromatic carbocycles. The lowest BCUT2D eigenvalue weighted by Crippen LogP contribution is -2.20. The highest BCUT2D eigenvalue weighted by Gasteiger charge is 2.36. The Balaban J connectivity index is 2.02. The summed E-state index contributed by atoms with van der Waals surface area (Å²) in [5.74, 6) is -1.16. The van der Waals surface area contributed by atoms with Crippen LogP contribution in [0.15, 0.2) is 54.7 Å².